The largest absolute Gasteiger partial charge is 0.510 e. The van der Waals surface area contributed by atoms with Crippen molar-refractivity contribution in [1.82, 2.24) is 9.88 Å². The van der Waals surface area contributed by atoms with E-state index >= 15 is 0 Å². The van der Waals surface area contributed by atoms with Crippen molar-refractivity contribution in [1.29, 1.82) is 5.41 Å². The Morgan fingerprint density at radius 3 is 2.57 bits per heavy atom. The third kappa shape index (κ3) is 4.61. The fraction of sp³-hybridized carbons (Fsp3) is 0.478. The van der Waals surface area contributed by atoms with Crippen LogP contribution in [0.5, 0.6) is 11.5 Å². The smallest absolute Gasteiger partial charge is 0.161 e. The van der Waals surface area contributed by atoms with Crippen LogP contribution in [0.3, 0.4) is 0 Å². The van der Waals surface area contributed by atoms with Gasteiger partial charge in [0.15, 0.2) is 11.5 Å². The van der Waals surface area contributed by atoms with E-state index in [2.05, 4.69) is 20.8 Å². The number of aromatic nitrogens is 1. The number of ether oxygens (including phenoxy) is 2. The average Bonchev–Trinajstić information content (AvgIpc) is 3.31. The molecule has 0 aliphatic carbocycles. The molecule has 2 heterocycles. The molecular weight excluding hydrogens is 398 g/mol. The molecule has 0 fully saturated rings. The first-order valence-corrected chi connectivity index (χ1v) is 11.2. The molecule has 1 atom stereocenters. The number of aliphatic hydroxyl groups excluding tert-OH is 1. The van der Waals surface area contributed by atoms with Gasteiger partial charge in [-0.3, -0.25) is 5.41 Å². The molecule has 1 aliphatic heterocycles. The number of hydrogen-bond acceptors (Lipinski definition) is 6. The van der Waals surface area contributed by atoms with Gasteiger partial charge in [0, 0.05) is 17.0 Å². The van der Waals surface area contributed by atoms with E-state index in [0.29, 0.717) is 40.4 Å². The highest BCUT2D eigenvalue weighted by molar-refractivity contribution is 7.11. The van der Waals surface area contributed by atoms with E-state index in [1.54, 1.807) is 14.2 Å². The van der Waals surface area contributed by atoms with Crippen molar-refractivity contribution in [2.45, 2.75) is 46.1 Å². The number of methoxy groups -OCH3 is 2. The minimum Gasteiger partial charge on any atom is -0.510 e. The Morgan fingerprint density at radius 2 is 1.90 bits per heavy atom. The first kappa shape index (κ1) is 22.2. The van der Waals surface area contributed by atoms with Gasteiger partial charge >= 0.3 is 0 Å². The maximum Gasteiger partial charge on any atom is 0.161 e. The number of amidine groups is 1. The molecule has 1 aromatic carbocycles. The van der Waals surface area contributed by atoms with Crippen LogP contribution in [0.4, 0.5) is 0 Å². The summed E-state index contributed by atoms with van der Waals surface area (Å²) in [4.78, 5) is 6.68. The van der Waals surface area contributed by atoms with Gasteiger partial charge in [-0.1, -0.05) is 26.7 Å². The van der Waals surface area contributed by atoms with Gasteiger partial charge in [-0.05, 0) is 37.5 Å². The molecule has 1 aromatic heterocycles. The van der Waals surface area contributed by atoms with Crippen molar-refractivity contribution < 1.29 is 14.6 Å². The average molecular weight is 430 g/mol. The van der Waals surface area contributed by atoms with E-state index in [-0.39, 0.29) is 11.8 Å². The molecule has 0 amide bonds. The Morgan fingerprint density at radius 1 is 1.17 bits per heavy atom. The van der Waals surface area contributed by atoms with E-state index in [4.69, 9.17) is 19.9 Å². The highest BCUT2D eigenvalue weighted by Gasteiger charge is 2.32. The van der Waals surface area contributed by atoms with Crippen LogP contribution in [-0.2, 0) is 0 Å². The molecule has 0 spiro atoms. The molecule has 3 rings (SSSR count). The zero-order valence-corrected chi connectivity index (χ0v) is 19.2. The van der Waals surface area contributed by atoms with E-state index in [9.17, 15) is 5.11 Å². The molecule has 7 heteroatoms. The van der Waals surface area contributed by atoms with Crippen molar-refractivity contribution in [3.63, 3.8) is 0 Å². The quantitative estimate of drug-likeness (QED) is 0.542. The molecule has 2 N–H and O–H groups in total. The number of hydrogen-bond donors (Lipinski definition) is 2. The molecule has 2 aromatic rings. The standard InChI is InChI=1S/C23H31N3O3S/c1-14(2)7-6-8-15(3)26-12-18(27)21(22(26)24)23-25-17(13-30-23)16-9-10-19(28-4)20(11-16)29-5/h9-11,13-15,24,27H,6-8,12H2,1-5H3/t15-/m1/s1. The lowest BCUT2D eigenvalue weighted by Crippen LogP contribution is -2.35. The summed E-state index contributed by atoms with van der Waals surface area (Å²) in [5.41, 5.74) is 2.23. The van der Waals surface area contributed by atoms with Gasteiger partial charge in [0.1, 0.15) is 16.6 Å². The van der Waals surface area contributed by atoms with Crippen molar-refractivity contribution >= 4 is 22.7 Å². The lowest BCUT2D eigenvalue weighted by molar-refractivity contribution is 0.289. The molecule has 0 saturated heterocycles. The van der Waals surface area contributed by atoms with E-state index < -0.39 is 0 Å². The van der Waals surface area contributed by atoms with E-state index in [1.165, 1.54) is 17.8 Å². The van der Waals surface area contributed by atoms with E-state index in [1.807, 2.05) is 28.5 Å². The second-order valence-electron chi connectivity index (χ2n) is 8.08. The molecule has 0 unspecified atom stereocenters. The summed E-state index contributed by atoms with van der Waals surface area (Å²) in [5, 5.41) is 21.9. The summed E-state index contributed by atoms with van der Waals surface area (Å²) in [6.07, 6.45) is 3.31. The summed E-state index contributed by atoms with van der Waals surface area (Å²) >= 11 is 1.44. The van der Waals surface area contributed by atoms with Gasteiger partial charge in [0.05, 0.1) is 32.0 Å². The van der Waals surface area contributed by atoms with Crippen molar-refractivity contribution in [2.75, 3.05) is 20.8 Å². The van der Waals surface area contributed by atoms with Gasteiger partial charge in [0.25, 0.3) is 0 Å². The molecular formula is C23H31N3O3S. The third-order valence-electron chi connectivity index (χ3n) is 5.47. The molecule has 6 nitrogen and oxygen atoms in total. The number of nitrogens with one attached hydrogen (secondary N) is 1. The first-order valence-electron chi connectivity index (χ1n) is 10.3. The first-order chi connectivity index (χ1) is 14.3. The van der Waals surface area contributed by atoms with Crippen LogP contribution in [0, 0.1) is 11.3 Å². The predicted octanol–water partition coefficient (Wildman–Crippen LogP) is 5.60. The topological polar surface area (TPSA) is 78.7 Å². The zero-order chi connectivity index (χ0) is 21.8. The normalized spacial score (nSPS) is 15.3. The number of rotatable bonds is 9. The summed E-state index contributed by atoms with van der Waals surface area (Å²) in [5.74, 6) is 2.57. The number of aliphatic hydroxyl groups is 1. The van der Waals surface area contributed by atoms with Crippen LogP contribution in [0.15, 0.2) is 29.3 Å². The molecule has 1 aliphatic rings. The summed E-state index contributed by atoms with van der Waals surface area (Å²) in [7, 11) is 3.21. The molecule has 30 heavy (non-hydrogen) atoms. The Balaban J connectivity index is 1.76. The number of nitrogens with zero attached hydrogens (tertiary/aromatic N) is 2. The van der Waals surface area contributed by atoms with Gasteiger partial charge in [-0.15, -0.1) is 11.3 Å². The maximum atomic E-state index is 10.6. The molecule has 0 radical (unpaired) electrons. The second kappa shape index (κ2) is 9.51. The van der Waals surface area contributed by atoms with Gasteiger partial charge < -0.3 is 19.5 Å². The number of benzene rings is 1. The zero-order valence-electron chi connectivity index (χ0n) is 18.4. The van der Waals surface area contributed by atoms with Crippen molar-refractivity contribution in [3.8, 4) is 22.8 Å². The molecule has 0 saturated carbocycles. The van der Waals surface area contributed by atoms with Gasteiger partial charge in [-0.2, -0.15) is 0 Å². The van der Waals surface area contributed by atoms with Crippen LogP contribution in [0.1, 0.15) is 45.0 Å². The fourth-order valence-corrected chi connectivity index (χ4v) is 4.59. The van der Waals surface area contributed by atoms with E-state index in [0.717, 1.165) is 24.1 Å². The predicted molar refractivity (Wildman–Crippen MR) is 123 cm³/mol. The summed E-state index contributed by atoms with van der Waals surface area (Å²) in [6, 6.07) is 5.87. The van der Waals surface area contributed by atoms with Crippen LogP contribution < -0.4 is 9.47 Å². The summed E-state index contributed by atoms with van der Waals surface area (Å²) in [6.45, 7) is 6.96. The lowest BCUT2D eigenvalue weighted by Gasteiger charge is -2.26. The highest BCUT2D eigenvalue weighted by Crippen LogP contribution is 2.36. The molecule has 0 bridgehead atoms. The van der Waals surface area contributed by atoms with Gasteiger partial charge in [-0.25, -0.2) is 4.98 Å². The van der Waals surface area contributed by atoms with Crippen LogP contribution in [-0.4, -0.2) is 47.6 Å². The van der Waals surface area contributed by atoms with Crippen molar-refractivity contribution in [2.24, 2.45) is 5.92 Å². The molecule has 162 valence electrons. The van der Waals surface area contributed by atoms with Crippen LogP contribution in [0.2, 0.25) is 0 Å². The lowest BCUT2D eigenvalue weighted by atomic mass is 10.0. The highest BCUT2D eigenvalue weighted by atomic mass is 32.1. The maximum absolute atomic E-state index is 10.6. The van der Waals surface area contributed by atoms with Gasteiger partial charge in [0.2, 0.25) is 0 Å². The third-order valence-corrected chi connectivity index (χ3v) is 6.33. The Labute approximate surface area is 182 Å². The monoisotopic (exact) mass is 429 g/mol. The Hall–Kier alpha value is -2.54. The van der Waals surface area contributed by atoms with Crippen LogP contribution >= 0.6 is 11.3 Å². The van der Waals surface area contributed by atoms with Crippen molar-refractivity contribution in [3.05, 3.63) is 34.3 Å². The second-order valence-corrected chi connectivity index (χ2v) is 8.94. The number of thiazole rings is 1. The SMILES string of the molecule is COc1ccc(-c2csc(C3=C(O)CN([C@H](C)CCCC(C)C)C3=N)n2)cc1OC. The Kier molecular flexibility index (Phi) is 7.02. The Bertz CT molecular complexity index is 936. The minimum atomic E-state index is 0.209. The minimum absolute atomic E-state index is 0.209. The fourth-order valence-electron chi connectivity index (χ4n) is 3.69. The summed E-state index contributed by atoms with van der Waals surface area (Å²) < 4.78 is 10.7. The van der Waals surface area contributed by atoms with Crippen LogP contribution in [0.25, 0.3) is 16.8 Å².